The van der Waals surface area contributed by atoms with E-state index >= 15 is 0 Å². The van der Waals surface area contributed by atoms with Crippen LogP contribution in [0.3, 0.4) is 0 Å². The van der Waals surface area contributed by atoms with Gasteiger partial charge < -0.3 is 20.1 Å². The van der Waals surface area contributed by atoms with E-state index in [9.17, 15) is 4.79 Å². The van der Waals surface area contributed by atoms with Gasteiger partial charge in [0.1, 0.15) is 11.3 Å². The molecule has 0 amide bonds. The molecular formula is C22H30IN3O3. The number of carbonyl (C=O) groups excluding carboxylic acids is 1. The lowest BCUT2D eigenvalue weighted by atomic mass is 9.85. The number of halogens is 1. The molecule has 0 saturated carbocycles. The molecule has 0 aliphatic carbocycles. The molecule has 0 bridgehead atoms. The molecule has 2 aromatic carbocycles. The van der Waals surface area contributed by atoms with E-state index in [2.05, 4.69) is 41.6 Å². The first-order valence-corrected chi connectivity index (χ1v) is 9.16. The molecule has 0 atom stereocenters. The zero-order chi connectivity index (χ0) is 20.6. The zero-order valence-electron chi connectivity index (χ0n) is 17.6. The van der Waals surface area contributed by atoms with Crippen molar-refractivity contribution in [2.24, 2.45) is 4.99 Å². The van der Waals surface area contributed by atoms with Crippen LogP contribution >= 0.6 is 24.0 Å². The molecule has 0 heterocycles. The summed E-state index contributed by atoms with van der Waals surface area (Å²) in [6.07, 6.45) is 0. The maximum Gasteiger partial charge on any atom is 0.341 e. The number of ether oxygens (including phenoxy) is 2. The van der Waals surface area contributed by atoms with Crippen molar-refractivity contribution in [3.8, 4) is 5.75 Å². The van der Waals surface area contributed by atoms with E-state index < -0.39 is 5.97 Å². The van der Waals surface area contributed by atoms with Crippen molar-refractivity contribution in [3.05, 3.63) is 65.2 Å². The van der Waals surface area contributed by atoms with Crippen LogP contribution in [0.25, 0.3) is 0 Å². The fraction of sp³-hybridized carbons (Fsp3) is 0.364. The van der Waals surface area contributed by atoms with E-state index in [-0.39, 0.29) is 29.4 Å². The van der Waals surface area contributed by atoms with Gasteiger partial charge in [0.15, 0.2) is 5.96 Å². The predicted molar refractivity (Wildman–Crippen MR) is 127 cm³/mol. The maximum atomic E-state index is 11.9. The van der Waals surface area contributed by atoms with Gasteiger partial charge in [0.05, 0.1) is 14.2 Å². The molecule has 0 fully saturated rings. The first-order chi connectivity index (χ1) is 13.4. The lowest BCUT2D eigenvalue weighted by Gasteiger charge is -2.26. The Kier molecular flexibility index (Phi) is 9.94. The summed E-state index contributed by atoms with van der Waals surface area (Å²) in [5, 5.41) is 6.65. The molecule has 29 heavy (non-hydrogen) atoms. The van der Waals surface area contributed by atoms with Gasteiger partial charge in [-0.2, -0.15) is 0 Å². The molecule has 0 spiro atoms. The molecular weight excluding hydrogens is 481 g/mol. The number of rotatable bonds is 7. The second-order valence-electron chi connectivity index (χ2n) is 7.06. The van der Waals surface area contributed by atoms with Crippen molar-refractivity contribution >= 4 is 35.9 Å². The van der Waals surface area contributed by atoms with E-state index in [0.29, 0.717) is 23.8 Å². The van der Waals surface area contributed by atoms with E-state index in [1.807, 2.05) is 24.3 Å². The fourth-order valence-electron chi connectivity index (χ4n) is 2.84. The highest BCUT2D eigenvalue weighted by Gasteiger charge is 2.20. The number of methoxy groups -OCH3 is 2. The molecule has 6 nitrogen and oxygen atoms in total. The summed E-state index contributed by atoms with van der Waals surface area (Å²) in [5.74, 6) is 0.757. The van der Waals surface area contributed by atoms with Crippen LogP contribution in [-0.2, 0) is 16.7 Å². The summed E-state index contributed by atoms with van der Waals surface area (Å²) in [6.45, 7) is 5.62. The van der Waals surface area contributed by atoms with Gasteiger partial charge in [-0.3, -0.25) is 4.99 Å². The molecule has 158 valence electrons. The zero-order valence-corrected chi connectivity index (χ0v) is 19.9. The van der Waals surface area contributed by atoms with E-state index in [1.165, 1.54) is 19.8 Å². The Hall–Kier alpha value is -2.29. The minimum atomic E-state index is -0.425. The standard InChI is InChI=1S/C22H29N3O3.HI/c1-22(2,17-9-7-6-8-10-17)15-25-21(23-3)24-14-16-11-12-19(27-4)18(13-16)20(26)28-5;/h6-13H,14-15H2,1-5H3,(H2,23,24,25);1H. The molecule has 0 aliphatic heterocycles. The normalized spacial score (nSPS) is 11.3. The Balaban J connectivity index is 0.00000420. The Labute approximate surface area is 190 Å². The Morgan fingerprint density at radius 1 is 1.07 bits per heavy atom. The smallest absolute Gasteiger partial charge is 0.341 e. The van der Waals surface area contributed by atoms with Gasteiger partial charge in [-0.05, 0) is 23.3 Å². The monoisotopic (exact) mass is 511 g/mol. The molecule has 2 N–H and O–H groups in total. The van der Waals surface area contributed by atoms with E-state index in [0.717, 1.165) is 12.1 Å². The summed E-state index contributed by atoms with van der Waals surface area (Å²) < 4.78 is 10.1. The lowest BCUT2D eigenvalue weighted by Crippen LogP contribution is -2.43. The Morgan fingerprint density at radius 3 is 2.34 bits per heavy atom. The van der Waals surface area contributed by atoms with Crippen LogP contribution in [0.2, 0.25) is 0 Å². The van der Waals surface area contributed by atoms with E-state index in [4.69, 9.17) is 9.47 Å². The third-order valence-corrected chi connectivity index (χ3v) is 4.61. The van der Waals surface area contributed by atoms with Crippen LogP contribution in [0.4, 0.5) is 0 Å². The van der Waals surface area contributed by atoms with Crippen molar-refractivity contribution in [1.82, 2.24) is 10.6 Å². The number of nitrogens with one attached hydrogen (secondary N) is 2. The van der Waals surface area contributed by atoms with Crippen LogP contribution in [-0.4, -0.2) is 39.7 Å². The van der Waals surface area contributed by atoms with Crippen molar-refractivity contribution in [3.63, 3.8) is 0 Å². The Morgan fingerprint density at radius 2 is 1.76 bits per heavy atom. The topological polar surface area (TPSA) is 72.0 Å². The van der Waals surface area contributed by atoms with Crippen LogP contribution in [0.1, 0.15) is 35.3 Å². The predicted octanol–water partition coefficient (Wildman–Crippen LogP) is 3.74. The number of guanidine groups is 1. The highest BCUT2D eigenvalue weighted by molar-refractivity contribution is 14.0. The number of aliphatic imine (C=N–C) groups is 1. The summed E-state index contributed by atoms with van der Waals surface area (Å²) in [4.78, 5) is 16.2. The van der Waals surface area contributed by atoms with Crippen molar-refractivity contribution in [2.75, 3.05) is 27.8 Å². The van der Waals surface area contributed by atoms with E-state index in [1.54, 1.807) is 19.2 Å². The largest absolute Gasteiger partial charge is 0.496 e. The summed E-state index contributed by atoms with van der Waals surface area (Å²) in [6, 6.07) is 15.8. The number of hydrogen-bond acceptors (Lipinski definition) is 4. The molecule has 0 radical (unpaired) electrons. The van der Waals surface area contributed by atoms with Crippen molar-refractivity contribution < 1.29 is 14.3 Å². The minimum absolute atomic E-state index is 0. The third kappa shape index (κ3) is 6.92. The second kappa shape index (κ2) is 11.6. The van der Waals surface area contributed by atoms with Gasteiger partial charge in [-0.25, -0.2) is 4.79 Å². The minimum Gasteiger partial charge on any atom is -0.496 e. The van der Waals surface area contributed by atoms with Crippen LogP contribution in [0.5, 0.6) is 5.75 Å². The van der Waals surface area contributed by atoms with Gasteiger partial charge in [-0.1, -0.05) is 50.2 Å². The molecule has 0 unspecified atom stereocenters. The molecule has 2 aromatic rings. The first kappa shape index (κ1) is 24.7. The number of esters is 1. The van der Waals surface area contributed by atoms with Gasteiger partial charge in [0.25, 0.3) is 0 Å². The average molecular weight is 511 g/mol. The third-order valence-electron chi connectivity index (χ3n) is 4.61. The first-order valence-electron chi connectivity index (χ1n) is 9.16. The number of hydrogen-bond donors (Lipinski definition) is 2. The fourth-order valence-corrected chi connectivity index (χ4v) is 2.84. The summed E-state index contributed by atoms with van der Waals surface area (Å²) in [7, 11) is 4.62. The highest BCUT2D eigenvalue weighted by Crippen LogP contribution is 2.22. The van der Waals surface area contributed by atoms with Gasteiger partial charge in [0.2, 0.25) is 0 Å². The second-order valence-corrected chi connectivity index (χ2v) is 7.06. The van der Waals surface area contributed by atoms with Gasteiger partial charge in [0, 0.05) is 25.6 Å². The van der Waals surface area contributed by atoms with Crippen LogP contribution in [0.15, 0.2) is 53.5 Å². The highest BCUT2D eigenvalue weighted by atomic mass is 127. The molecule has 0 saturated heterocycles. The van der Waals surface area contributed by atoms with Crippen LogP contribution < -0.4 is 15.4 Å². The Bertz CT molecular complexity index is 823. The molecule has 0 aliphatic rings. The lowest BCUT2D eigenvalue weighted by molar-refractivity contribution is 0.0597. The van der Waals surface area contributed by atoms with Crippen molar-refractivity contribution in [2.45, 2.75) is 25.8 Å². The number of benzene rings is 2. The van der Waals surface area contributed by atoms with Crippen molar-refractivity contribution in [1.29, 1.82) is 0 Å². The number of nitrogens with zero attached hydrogens (tertiary/aromatic N) is 1. The van der Waals surface area contributed by atoms with Gasteiger partial charge >= 0.3 is 5.97 Å². The SMILES string of the molecule is CN=C(NCc1ccc(OC)c(C(=O)OC)c1)NCC(C)(C)c1ccccc1.I. The molecule has 2 rings (SSSR count). The molecule has 0 aromatic heterocycles. The van der Waals surface area contributed by atoms with Crippen LogP contribution in [0, 0.1) is 0 Å². The number of carbonyl (C=O) groups is 1. The maximum absolute atomic E-state index is 11.9. The van der Waals surface area contributed by atoms with Gasteiger partial charge in [-0.15, -0.1) is 24.0 Å². The quantitative estimate of drug-likeness (QED) is 0.257. The average Bonchev–Trinajstić information content (AvgIpc) is 2.73. The summed E-state index contributed by atoms with van der Waals surface area (Å²) >= 11 is 0. The molecule has 7 heteroatoms. The summed E-state index contributed by atoms with van der Waals surface area (Å²) in [5.41, 5.74) is 2.54.